The molecule has 2 N–H and O–H groups in total. The van der Waals surface area contributed by atoms with E-state index in [1.807, 2.05) is 26.0 Å². The minimum atomic E-state index is -5.08. The normalized spacial score (nSPS) is 22.0. The number of hydrogen-bond donors (Lipinski definition) is 2. The number of ether oxygens (including phenoxy) is 1. The zero-order chi connectivity index (χ0) is 24.1. The zero-order valence-corrected chi connectivity index (χ0v) is 17.9. The Labute approximate surface area is 183 Å². The van der Waals surface area contributed by atoms with Crippen LogP contribution in [0.15, 0.2) is 18.2 Å². The van der Waals surface area contributed by atoms with Gasteiger partial charge >= 0.3 is 18.1 Å². The lowest BCUT2D eigenvalue weighted by Crippen LogP contribution is -2.56. The van der Waals surface area contributed by atoms with Crippen molar-refractivity contribution >= 4 is 17.8 Å². The number of hydrogen-bond acceptors (Lipinski definition) is 5. The molecule has 2 saturated heterocycles. The molecule has 32 heavy (non-hydrogen) atoms. The number of carbonyl (C=O) groups excluding carboxylic acids is 1. The van der Waals surface area contributed by atoms with Crippen LogP contribution in [-0.2, 0) is 14.3 Å². The second-order valence-electron chi connectivity index (χ2n) is 7.78. The van der Waals surface area contributed by atoms with Crippen molar-refractivity contribution in [2.45, 2.75) is 44.9 Å². The van der Waals surface area contributed by atoms with Gasteiger partial charge in [-0.05, 0) is 49.9 Å². The number of likely N-dealkylation sites (tertiary alicyclic amines) is 1. The van der Waals surface area contributed by atoms with E-state index in [0.717, 1.165) is 30.6 Å². The average molecular weight is 460 g/mol. The van der Waals surface area contributed by atoms with Gasteiger partial charge < -0.3 is 19.8 Å². The monoisotopic (exact) mass is 460 g/mol. The first-order valence-corrected chi connectivity index (χ1v) is 10.1. The minimum absolute atomic E-state index is 0.184. The highest BCUT2D eigenvalue weighted by Gasteiger charge is 2.39. The smallest absolute Gasteiger partial charge is 0.480 e. The summed E-state index contributed by atoms with van der Waals surface area (Å²) >= 11 is 0. The van der Waals surface area contributed by atoms with Gasteiger partial charge in [0.1, 0.15) is 6.04 Å². The van der Waals surface area contributed by atoms with E-state index < -0.39 is 24.2 Å². The van der Waals surface area contributed by atoms with Crippen molar-refractivity contribution < 1.29 is 42.5 Å². The number of carboxylic acid groups (broad SMARTS) is 2. The third-order valence-electron chi connectivity index (χ3n) is 5.68. The van der Waals surface area contributed by atoms with Crippen molar-refractivity contribution in [3.63, 3.8) is 0 Å². The average Bonchev–Trinajstić information content (AvgIpc) is 2.75. The number of rotatable bonds is 3. The summed E-state index contributed by atoms with van der Waals surface area (Å²) in [6.07, 6.45) is -3.80. The lowest BCUT2D eigenvalue weighted by Gasteiger charge is -2.43. The van der Waals surface area contributed by atoms with Crippen LogP contribution in [0, 0.1) is 13.8 Å². The van der Waals surface area contributed by atoms with Crippen LogP contribution >= 0.6 is 0 Å². The number of aryl methyl sites for hydroxylation is 2. The number of morpholine rings is 1. The van der Waals surface area contributed by atoms with Gasteiger partial charge in [0, 0.05) is 31.2 Å². The first kappa shape index (κ1) is 25.6. The highest BCUT2D eigenvalue weighted by Crippen LogP contribution is 2.25. The first-order valence-electron chi connectivity index (χ1n) is 10.1. The Morgan fingerprint density at radius 2 is 1.62 bits per heavy atom. The number of amides is 1. The van der Waals surface area contributed by atoms with Crippen molar-refractivity contribution in [3.05, 3.63) is 34.9 Å². The molecule has 2 atom stereocenters. The molecule has 0 radical (unpaired) electrons. The third-order valence-corrected chi connectivity index (χ3v) is 5.68. The Hall–Kier alpha value is -2.66. The van der Waals surface area contributed by atoms with E-state index in [1.54, 1.807) is 6.07 Å². The number of carbonyl (C=O) groups is 3. The predicted octanol–water partition coefficient (Wildman–Crippen LogP) is 2.33. The highest BCUT2D eigenvalue weighted by atomic mass is 19.4. The van der Waals surface area contributed by atoms with E-state index in [4.69, 9.17) is 14.6 Å². The molecule has 1 aromatic rings. The number of piperidine rings is 1. The molecule has 2 aliphatic rings. The first-order chi connectivity index (χ1) is 14.9. The number of halogens is 3. The maximum absolute atomic E-state index is 12.9. The second-order valence-corrected chi connectivity index (χ2v) is 7.78. The zero-order valence-electron chi connectivity index (χ0n) is 17.9. The van der Waals surface area contributed by atoms with E-state index in [9.17, 15) is 27.9 Å². The third kappa shape index (κ3) is 6.67. The molecule has 2 heterocycles. The van der Waals surface area contributed by atoms with Crippen LogP contribution in [0.1, 0.15) is 34.3 Å². The Kier molecular flexibility index (Phi) is 8.62. The van der Waals surface area contributed by atoms with Gasteiger partial charge in [-0.2, -0.15) is 13.2 Å². The van der Waals surface area contributed by atoms with Crippen LogP contribution in [0.2, 0.25) is 0 Å². The minimum Gasteiger partial charge on any atom is -0.480 e. The molecule has 1 amide bonds. The Balaban J connectivity index is 0.000000451. The number of nitrogens with zero attached hydrogens (tertiary/aromatic N) is 2. The lowest BCUT2D eigenvalue weighted by molar-refractivity contribution is -0.192. The molecule has 2 aliphatic heterocycles. The van der Waals surface area contributed by atoms with Gasteiger partial charge in [-0.3, -0.25) is 9.69 Å². The Morgan fingerprint density at radius 1 is 1.03 bits per heavy atom. The van der Waals surface area contributed by atoms with Gasteiger partial charge in [0.25, 0.3) is 5.91 Å². The molecule has 0 spiro atoms. The quantitative estimate of drug-likeness (QED) is 0.713. The summed E-state index contributed by atoms with van der Waals surface area (Å²) in [7, 11) is 0. The highest BCUT2D eigenvalue weighted by molar-refractivity contribution is 5.97. The van der Waals surface area contributed by atoms with Crippen LogP contribution in [0.3, 0.4) is 0 Å². The molecule has 0 aromatic heterocycles. The van der Waals surface area contributed by atoms with Crippen LogP contribution < -0.4 is 0 Å². The van der Waals surface area contributed by atoms with Crippen LogP contribution in [0.4, 0.5) is 13.2 Å². The molecule has 3 rings (SSSR count). The lowest BCUT2D eigenvalue weighted by atomic mass is 9.94. The Morgan fingerprint density at radius 3 is 2.12 bits per heavy atom. The number of aliphatic carboxylic acids is 2. The molecule has 2 unspecified atom stereocenters. The largest absolute Gasteiger partial charge is 0.490 e. The van der Waals surface area contributed by atoms with E-state index >= 15 is 0 Å². The molecular formula is C21H27F3N2O6. The molecule has 2 fully saturated rings. The van der Waals surface area contributed by atoms with Crippen LogP contribution in [0.5, 0.6) is 0 Å². The van der Waals surface area contributed by atoms with Gasteiger partial charge in [-0.1, -0.05) is 6.07 Å². The standard InChI is InChI=1S/C19H26N2O4.C2HF3O2/c1-13-3-4-15(11-14(13)2)18(22)21-6-5-16(12-17(21)19(23)24)20-7-9-25-10-8-20;3-2(4,5)1(6)7/h3-4,11,16-17H,5-10,12H2,1-2H3,(H,23,24);(H,6,7). The summed E-state index contributed by atoms with van der Waals surface area (Å²) in [6, 6.07) is 4.99. The van der Waals surface area contributed by atoms with E-state index in [1.165, 1.54) is 4.90 Å². The Bertz CT molecular complexity index is 839. The van der Waals surface area contributed by atoms with E-state index in [-0.39, 0.29) is 11.9 Å². The fourth-order valence-corrected chi connectivity index (χ4v) is 3.74. The summed E-state index contributed by atoms with van der Waals surface area (Å²) in [5, 5.41) is 16.8. The SMILES string of the molecule is Cc1ccc(C(=O)N2CCC(N3CCOCC3)CC2C(=O)O)cc1C.O=C(O)C(F)(F)F. The van der Waals surface area contributed by atoms with Crippen molar-refractivity contribution in [1.29, 1.82) is 0 Å². The maximum Gasteiger partial charge on any atom is 0.490 e. The molecule has 0 saturated carbocycles. The van der Waals surface area contributed by atoms with Gasteiger partial charge in [-0.15, -0.1) is 0 Å². The van der Waals surface area contributed by atoms with Crippen LogP contribution in [-0.4, -0.2) is 89.0 Å². The van der Waals surface area contributed by atoms with Gasteiger partial charge in [0.15, 0.2) is 0 Å². The molecule has 8 nitrogen and oxygen atoms in total. The van der Waals surface area contributed by atoms with Crippen molar-refractivity contribution in [2.24, 2.45) is 0 Å². The molecule has 1 aromatic carbocycles. The van der Waals surface area contributed by atoms with Crippen molar-refractivity contribution in [3.8, 4) is 0 Å². The molecule has 178 valence electrons. The summed E-state index contributed by atoms with van der Waals surface area (Å²) in [6.45, 7) is 7.50. The fraction of sp³-hybridized carbons (Fsp3) is 0.571. The molecule has 0 bridgehead atoms. The summed E-state index contributed by atoms with van der Waals surface area (Å²) in [4.78, 5) is 37.4. The summed E-state index contributed by atoms with van der Waals surface area (Å²) < 4.78 is 37.1. The topological polar surface area (TPSA) is 107 Å². The number of carboxylic acids is 2. The molecular weight excluding hydrogens is 433 g/mol. The van der Waals surface area contributed by atoms with E-state index in [2.05, 4.69) is 4.90 Å². The van der Waals surface area contributed by atoms with Crippen LogP contribution in [0.25, 0.3) is 0 Å². The fourth-order valence-electron chi connectivity index (χ4n) is 3.74. The summed E-state index contributed by atoms with van der Waals surface area (Å²) in [5.41, 5.74) is 2.73. The summed E-state index contributed by atoms with van der Waals surface area (Å²) in [5.74, 6) is -3.86. The molecule has 11 heteroatoms. The van der Waals surface area contributed by atoms with E-state index in [0.29, 0.717) is 31.7 Å². The number of benzene rings is 1. The van der Waals surface area contributed by atoms with Crippen molar-refractivity contribution in [1.82, 2.24) is 9.80 Å². The second kappa shape index (κ2) is 10.8. The molecule has 0 aliphatic carbocycles. The number of alkyl halides is 3. The van der Waals surface area contributed by atoms with Gasteiger partial charge in [-0.25, -0.2) is 9.59 Å². The van der Waals surface area contributed by atoms with Gasteiger partial charge in [0.05, 0.1) is 13.2 Å². The predicted molar refractivity (Wildman–Crippen MR) is 107 cm³/mol. The van der Waals surface area contributed by atoms with Gasteiger partial charge in [0.2, 0.25) is 0 Å². The van der Waals surface area contributed by atoms with Crippen molar-refractivity contribution in [2.75, 3.05) is 32.8 Å². The maximum atomic E-state index is 12.9.